The van der Waals surface area contributed by atoms with E-state index in [1.807, 2.05) is 71.9 Å². The topological polar surface area (TPSA) is 184 Å². The van der Waals surface area contributed by atoms with Gasteiger partial charge in [-0.2, -0.15) is 0 Å². The van der Waals surface area contributed by atoms with E-state index in [2.05, 4.69) is 27.0 Å². The number of allylic oxidation sites excluding steroid dienone is 1. The SMILES string of the molecule is C=C(C)C(=O)OCCCc1cc(-n2nc3ccc(Cl)cc3n2)c(O)c(C(C)(C)C)c1.COc1ccc2nn(-c3cc(OCCCC=C(C)C(=O)O)cc(C(C)(C)C)c3O)nc2c1. The summed E-state index contributed by atoms with van der Waals surface area (Å²) >= 11 is 6.06. The molecule has 0 aliphatic heterocycles. The molecule has 3 N–H and O–H groups in total. The van der Waals surface area contributed by atoms with Crippen molar-refractivity contribution >= 4 is 45.6 Å². The number of hydrogen-bond donors (Lipinski definition) is 3. The quantitative estimate of drug-likeness (QED) is 0.0536. The Labute approximate surface area is 366 Å². The predicted octanol–water partition coefficient (Wildman–Crippen LogP) is 9.75. The van der Waals surface area contributed by atoms with Crippen molar-refractivity contribution in [3.8, 4) is 34.4 Å². The number of phenols is 2. The molecule has 14 nitrogen and oxygen atoms in total. The van der Waals surface area contributed by atoms with E-state index in [1.54, 1.807) is 57.4 Å². The molecule has 0 aliphatic rings. The summed E-state index contributed by atoms with van der Waals surface area (Å²) in [6, 6.07) is 18.1. The molecule has 15 heteroatoms. The van der Waals surface area contributed by atoms with Crippen molar-refractivity contribution in [1.29, 1.82) is 0 Å². The number of aromatic hydroxyl groups is 2. The summed E-state index contributed by atoms with van der Waals surface area (Å²) in [7, 11) is 1.59. The van der Waals surface area contributed by atoms with E-state index in [4.69, 9.17) is 30.9 Å². The first-order valence-corrected chi connectivity index (χ1v) is 20.6. The van der Waals surface area contributed by atoms with Gasteiger partial charge in [-0.05, 0) is 98.4 Å². The molecular formula is C47H55ClN6O8. The second-order valence-corrected chi connectivity index (χ2v) is 17.5. The first kappa shape index (κ1) is 46.7. The zero-order chi connectivity index (χ0) is 45.5. The first-order valence-electron chi connectivity index (χ1n) is 20.2. The number of ether oxygens (including phenoxy) is 3. The van der Waals surface area contributed by atoms with Gasteiger partial charge in [0, 0.05) is 39.4 Å². The molecule has 6 aromatic rings. The fraction of sp³-hybridized carbons (Fsp3) is 0.362. The van der Waals surface area contributed by atoms with Gasteiger partial charge in [-0.3, -0.25) is 0 Å². The van der Waals surface area contributed by atoms with Crippen molar-refractivity contribution in [2.24, 2.45) is 0 Å². The van der Waals surface area contributed by atoms with E-state index < -0.39 is 5.97 Å². The number of esters is 1. The van der Waals surface area contributed by atoms with E-state index in [0.717, 1.165) is 11.1 Å². The van der Waals surface area contributed by atoms with Crippen LogP contribution < -0.4 is 9.47 Å². The minimum absolute atomic E-state index is 0.0946. The van der Waals surface area contributed by atoms with Gasteiger partial charge in [0.2, 0.25) is 0 Å². The normalized spacial score (nSPS) is 11.9. The molecule has 4 aromatic carbocycles. The molecule has 0 bridgehead atoms. The van der Waals surface area contributed by atoms with Gasteiger partial charge in [-0.15, -0.1) is 30.0 Å². The van der Waals surface area contributed by atoms with E-state index in [9.17, 15) is 19.8 Å². The lowest BCUT2D eigenvalue weighted by Gasteiger charge is -2.23. The predicted molar refractivity (Wildman–Crippen MR) is 240 cm³/mol. The Morgan fingerprint density at radius 1 is 0.742 bits per heavy atom. The summed E-state index contributed by atoms with van der Waals surface area (Å²) < 4.78 is 16.4. The number of carboxylic acid groups (broad SMARTS) is 1. The van der Waals surface area contributed by atoms with Crippen LogP contribution in [-0.2, 0) is 31.6 Å². The number of nitrogens with zero attached hydrogens (tertiary/aromatic N) is 6. The third-order valence-corrected chi connectivity index (χ3v) is 10.0. The maximum atomic E-state index is 11.5. The number of hydrogen-bond acceptors (Lipinski definition) is 11. The Morgan fingerprint density at radius 2 is 1.31 bits per heavy atom. The standard InChI is InChI=1S/C24H29N3O5.C23H26ClN3O3/c1-15(23(29)30)8-6-7-11-32-17-12-18(24(2,3)4)22(28)21(14-17)27-25-19-10-9-16(31-5)13-20(19)26-27;1-14(2)22(29)30-10-6-7-15-11-17(23(3,4)5)21(28)20(12-15)27-25-18-9-8-16(24)13-19(18)26-27/h8-10,12-14,28H,6-7,11H2,1-5H3,(H,29,30);8-9,11-13,28H,1,6-7,10H2,2-5H3. The Balaban J connectivity index is 0.000000235. The second kappa shape index (κ2) is 19.5. The Bertz CT molecular complexity index is 2630. The lowest BCUT2D eigenvalue weighted by molar-refractivity contribution is -0.139. The molecule has 2 heterocycles. The summed E-state index contributed by atoms with van der Waals surface area (Å²) in [5, 5.41) is 49.5. The van der Waals surface area contributed by atoms with Gasteiger partial charge in [0.1, 0.15) is 56.4 Å². The van der Waals surface area contributed by atoms with Crippen LogP contribution in [0.1, 0.15) is 91.3 Å². The van der Waals surface area contributed by atoms with Crippen LogP contribution in [0.4, 0.5) is 0 Å². The third-order valence-electron chi connectivity index (χ3n) is 9.79. The zero-order valence-electron chi connectivity index (χ0n) is 36.7. The van der Waals surface area contributed by atoms with Crippen molar-refractivity contribution in [2.45, 2.75) is 91.9 Å². The maximum Gasteiger partial charge on any atom is 0.333 e. The van der Waals surface area contributed by atoms with Gasteiger partial charge in [-0.25, -0.2) is 9.59 Å². The molecule has 0 atom stereocenters. The number of benzene rings is 4. The van der Waals surface area contributed by atoms with Crippen LogP contribution in [0.2, 0.25) is 5.02 Å². The molecule has 0 amide bonds. The van der Waals surface area contributed by atoms with Crippen molar-refractivity contribution in [2.75, 3.05) is 20.3 Å². The smallest absolute Gasteiger partial charge is 0.333 e. The van der Waals surface area contributed by atoms with E-state index >= 15 is 0 Å². The van der Waals surface area contributed by atoms with E-state index in [1.165, 1.54) is 9.59 Å². The fourth-order valence-corrected chi connectivity index (χ4v) is 6.48. The molecule has 0 spiro atoms. The monoisotopic (exact) mass is 866 g/mol. The average Bonchev–Trinajstić information content (AvgIpc) is 3.83. The summed E-state index contributed by atoms with van der Waals surface area (Å²) in [6.45, 7) is 19.6. The number of aromatic nitrogens is 6. The Morgan fingerprint density at radius 3 is 1.89 bits per heavy atom. The molecule has 0 saturated heterocycles. The number of fused-ring (bicyclic) bond motifs is 2. The lowest BCUT2D eigenvalue weighted by Crippen LogP contribution is -2.14. The first-order chi connectivity index (χ1) is 29.2. The van der Waals surface area contributed by atoms with Crippen LogP contribution in [0.5, 0.6) is 23.0 Å². The lowest BCUT2D eigenvalue weighted by atomic mass is 9.84. The second-order valence-electron chi connectivity index (χ2n) is 17.0. The van der Waals surface area contributed by atoms with Gasteiger partial charge < -0.3 is 29.5 Å². The molecule has 62 heavy (non-hydrogen) atoms. The molecule has 0 saturated carbocycles. The number of rotatable bonds is 14. The van der Waals surface area contributed by atoms with Crippen LogP contribution in [-0.4, -0.2) is 77.6 Å². The Hall–Kier alpha value is -6.41. The molecule has 328 valence electrons. The Kier molecular flexibility index (Phi) is 14.7. The van der Waals surface area contributed by atoms with Gasteiger partial charge in [0.15, 0.2) is 0 Å². The number of aliphatic carboxylic acids is 1. The molecule has 0 aliphatic carbocycles. The van der Waals surface area contributed by atoms with E-state index in [0.29, 0.717) is 106 Å². The number of phenolic OH excluding ortho intramolecular Hbond substituents is 2. The largest absolute Gasteiger partial charge is 0.505 e. The highest BCUT2D eigenvalue weighted by molar-refractivity contribution is 6.31. The van der Waals surface area contributed by atoms with Gasteiger partial charge >= 0.3 is 11.9 Å². The number of aryl methyl sites for hydroxylation is 1. The summed E-state index contributed by atoms with van der Waals surface area (Å²) in [4.78, 5) is 25.3. The number of carbonyl (C=O) groups is 2. The fourth-order valence-electron chi connectivity index (χ4n) is 6.31. The van der Waals surface area contributed by atoms with Crippen molar-refractivity contribution in [3.05, 3.63) is 106 Å². The number of halogens is 1. The highest BCUT2D eigenvalue weighted by atomic mass is 35.5. The maximum absolute atomic E-state index is 11.5. The van der Waals surface area contributed by atoms with Crippen LogP contribution in [0, 0.1) is 0 Å². The minimum Gasteiger partial charge on any atom is -0.505 e. The number of methoxy groups -OCH3 is 1. The minimum atomic E-state index is -0.916. The average molecular weight is 867 g/mol. The van der Waals surface area contributed by atoms with Crippen molar-refractivity contribution in [3.63, 3.8) is 0 Å². The molecule has 0 unspecified atom stereocenters. The summed E-state index contributed by atoms with van der Waals surface area (Å²) in [5.41, 5.74) is 6.18. The summed E-state index contributed by atoms with van der Waals surface area (Å²) in [5.74, 6) is 0.195. The van der Waals surface area contributed by atoms with Crippen LogP contribution in [0.15, 0.2) is 84.5 Å². The number of unbranched alkanes of at least 4 members (excludes halogenated alkanes) is 1. The van der Waals surface area contributed by atoms with Crippen LogP contribution >= 0.6 is 11.6 Å². The highest BCUT2D eigenvalue weighted by Gasteiger charge is 2.25. The van der Waals surface area contributed by atoms with Crippen molar-refractivity contribution in [1.82, 2.24) is 30.0 Å². The zero-order valence-corrected chi connectivity index (χ0v) is 37.5. The molecule has 2 aromatic heterocycles. The third kappa shape index (κ3) is 11.7. The molecule has 6 rings (SSSR count). The molecular weight excluding hydrogens is 812 g/mol. The van der Waals surface area contributed by atoms with Gasteiger partial charge in [-0.1, -0.05) is 71.9 Å². The van der Waals surface area contributed by atoms with Crippen molar-refractivity contribution < 1.29 is 39.1 Å². The van der Waals surface area contributed by atoms with Crippen LogP contribution in [0.3, 0.4) is 0 Å². The summed E-state index contributed by atoms with van der Waals surface area (Å²) in [6.07, 6.45) is 4.27. The number of carboxylic acids is 1. The van der Waals surface area contributed by atoms with E-state index in [-0.39, 0.29) is 28.3 Å². The number of carbonyl (C=O) groups excluding carboxylic acids is 1. The highest BCUT2D eigenvalue weighted by Crippen LogP contribution is 2.39. The van der Waals surface area contributed by atoms with Gasteiger partial charge in [0.25, 0.3) is 0 Å². The molecule has 0 fully saturated rings. The van der Waals surface area contributed by atoms with Gasteiger partial charge in [0.05, 0.1) is 20.3 Å². The molecule has 0 radical (unpaired) electrons. The van der Waals surface area contributed by atoms with Crippen LogP contribution in [0.25, 0.3) is 33.4 Å².